The van der Waals surface area contributed by atoms with E-state index in [1.165, 1.54) is 0 Å². The van der Waals surface area contributed by atoms with Gasteiger partial charge in [0.15, 0.2) is 5.82 Å². The van der Waals surface area contributed by atoms with Gasteiger partial charge in [-0.05, 0) is 22.0 Å². The lowest BCUT2D eigenvalue weighted by atomic mass is 10.3. The van der Waals surface area contributed by atoms with Crippen LogP contribution in [0.1, 0.15) is 33.3 Å². The number of nitrogens with zero attached hydrogens (tertiary/aromatic N) is 1. The number of pyridine rings is 1. The van der Waals surface area contributed by atoms with Crippen LogP contribution in [0.4, 0.5) is 17.6 Å². The van der Waals surface area contributed by atoms with Crippen molar-refractivity contribution in [3.8, 4) is 0 Å². The average molecular weight is 304 g/mol. The Morgan fingerprint density at radius 2 is 1.56 bits per heavy atom. The Hall–Kier alpha value is -0.650. The van der Waals surface area contributed by atoms with Gasteiger partial charge in [0.25, 0.3) is 0 Å². The highest BCUT2D eigenvalue weighted by atomic mass is 79.9. The summed E-state index contributed by atoms with van der Waals surface area (Å²) < 4.78 is 47.9. The van der Waals surface area contributed by atoms with Crippen molar-refractivity contribution in [3.63, 3.8) is 0 Å². The molecule has 0 aliphatic heterocycles. The van der Waals surface area contributed by atoms with Gasteiger partial charge in [-0.3, -0.25) is 0 Å². The SMILES string of the molecule is CC.CC.Fc1cc(C(F)(F)F)cnc1Br. The molecule has 1 aromatic heterocycles. The minimum absolute atomic E-state index is 0.226. The molecule has 0 spiro atoms. The molecule has 0 atom stereocenters. The second kappa shape index (κ2) is 8.50. The van der Waals surface area contributed by atoms with Crippen molar-refractivity contribution < 1.29 is 17.6 Å². The number of rotatable bonds is 0. The fraction of sp³-hybridized carbons (Fsp3) is 0.500. The van der Waals surface area contributed by atoms with E-state index < -0.39 is 17.6 Å². The van der Waals surface area contributed by atoms with E-state index in [1.54, 1.807) is 0 Å². The van der Waals surface area contributed by atoms with E-state index in [2.05, 4.69) is 20.9 Å². The van der Waals surface area contributed by atoms with Crippen molar-refractivity contribution in [1.82, 2.24) is 4.98 Å². The van der Waals surface area contributed by atoms with Gasteiger partial charge < -0.3 is 0 Å². The second-order valence-electron chi connectivity index (χ2n) is 1.99. The second-order valence-corrected chi connectivity index (χ2v) is 2.75. The predicted molar refractivity (Wildman–Crippen MR) is 59.6 cm³/mol. The van der Waals surface area contributed by atoms with Crippen molar-refractivity contribution in [2.45, 2.75) is 33.9 Å². The molecule has 1 rings (SSSR count). The van der Waals surface area contributed by atoms with Crippen LogP contribution in [0, 0.1) is 5.82 Å². The Balaban J connectivity index is 0. The zero-order valence-electron chi connectivity index (χ0n) is 9.49. The van der Waals surface area contributed by atoms with E-state index >= 15 is 0 Å². The summed E-state index contributed by atoms with van der Waals surface area (Å²) in [5.41, 5.74) is -1.09. The first-order valence-corrected chi connectivity index (χ1v) is 5.59. The molecule has 0 radical (unpaired) electrons. The van der Waals surface area contributed by atoms with Crippen molar-refractivity contribution in [1.29, 1.82) is 0 Å². The zero-order valence-corrected chi connectivity index (χ0v) is 11.1. The number of alkyl halides is 3. The summed E-state index contributed by atoms with van der Waals surface area (Å²) in [6, 6.07) is 0.386. The van der Waals surface area contributed by atoms with Crippen LogP contribution in [0.2, 0.25) is 0 Å². The third kappa shape index (κ3) is 6.05. The number of aromatic nitrogens is 1. The molecule has 0 aliphatic carbocycles. The summed E-state index contributed by atoms with van der Waals surface area (Å²) in [6.45, 7) is 8.00. The predicted octanol–water partition coefficient (Wildman–Crippen LogP) is 5.05. The van der Waals surface area contributed by atoms with E-state index in [0.29, 0.717) is 12.3 Å². The van der Waals surface area contributed by atoms with Crippen molar-refractivity contribution >= 4 is 15.9 Å². The van der Waals surface area contributed by atoms with E-state index in [9.17, 15) is 17.6 Å². The summed E-state index contributed by atoms with van der Waals surface area (Å²) in [4.78, 5) is 3.17. The summed E-state index contributed by atoms with van der Waals surface area (Å²) in [5.74, 6) is -1.02. The molecule has 0 amide bonds. The molecular formula is C10H14BrF4N. The van der Waals surface area contributed by atoms with Gasteiger partial charge in [0.2, 0.25) is 0 Å². The molecule has 1 aromatic rings. The van der Waals surface area contributed by atoms with Crippen LogP contribution in [-0.4, -0.2) is 4.98 Å². The molecule has 0 unspecified atom stereocenters. The maximum Gasteiger partial charge on any atom is 0.417 e. The van der Waals surface area contributed by atoms with Gasteiger partial charge in [0, 0.05) is 6.20 Å². The third-order valence-corrected chi connectivity index (χ3v) is 1.71. The Morgan fingerprint density at radius 3 is 1.88 bits per heavy atom. The highest BCUT2D eigenvalue weighted by molar-refractivity contribution is 9.10. The highest BCUT2D eigenvalue weighted by Gasteiger charge is 2.31. The largest absolute Gasteiger partial charge is 0.417 e. The Labute approximate surface area is 101 Å². The lowest BCUT2D eigenvalue weighted by molar-refractivity contribution is -0.138. The summed E-state index contributed by atoms with van der Waals surface area (Å²) in [6.07, 6.45) is -3.98. The van der Waals surface area contributed by atoms with Gasteiger partial charge in [-0.1, -0.05) is 27.7 Å². The van der Waals surface area contributed by atoms with Gasteiger partial charge >= 0.3 is 6.18 Å². The molecule has 0 saturated heterocycles. The number of hydrogen-bond donors (Lipinski definition) is 0. The van der Waals surface area contributed by atoms with E-state index in [0.717, 1.165) is 0 Å². The van der Waals surface area contributed by atoms with Crippen molar-refractivity contribution in [2.75, 3.05) is 0 Å². The van der Waals surface area contributed by atoms with Crippen LogP contribution < -0.4 is 0 Å². The lowest BCUT2D eigenvalue weighted by Gasteiger charge is -2.05. The minimum Gasteiger partial charge on any atom is -0.246 e. The van der Waals surface area contributed by atoms with E-state index in [-0.39, 0.29) is 4.60 Å². The smallest absolute Gasteiger partial charge is 0.246 e. The standard InChI is InChI=1S/C6H2BrF4N.2C2H6/c7-5-4(8)1-3(2-12-5)6(9,10)11;2*1-2/h1-2H;2*1-2H3. The third-order valence-electron chi connectivity index (χ3n) is 1.12. The van der Waals surface area contributed by atoms with Gasteiger partial charge in [-0.15, -0.1) is 0 Å². The van der Waals surface area contributed by atoms with Gasteiger partial charge in [-0.2, -0.15) is 13.2 Å². The van der Waals surface area contributed by atoms with Crippen LogP contribution in [-0.2, 0) is 6.18 Å². The molecule has 0 aromatic carbocycles. The fourth-order valence-electron chi connectivity index (χ4n) is 0.576. The lowest BCUT2D eigenvalue weighted by Crippen LogP contribution is -2.06. The first kappa shape index (κ1) is 17.7. The van der Waals surface area contributed by atoms with Crippen LogP contribution in [0.5, 0.6) is 0 Å². The quantitative estimate of drug-likeness (QED) is 0.482. The Bertz CT molecular complexity index is 299. The van der Waals surface area contributed by atoms with Crippen LogP contribution in [0.15, 0.2) is 16.9 Å². The minimum atomic E-state index is -4.55. The molecule has 0 saturated carbocycles. The molecule has 1 heterocycles. The molecule has 1 nitrogen and oxygen atoms in total. The highest BCUT2D eigenvalue weighted by Crippen LogP contribution is 2.29. The number of halogens is 5. The molecule has 6 heteroatoms. The molecule has 0 fully saturated rings. The van der Waals surface area contributed by atoms with Gasteiger partial charge in [0.05, 0.1) is 5.56 Å². The van der Waals surface area contributed by atoms with Crippen LogP contribution >= 0.6 is 15.9 Å². The topological polar surface area (TPSA) is 12.9 Å². The molecule has 0 N–H and O–H groups in total. The summed E-state index contributed by atoms with van der Waals surface area (Å²) in [5, 5.41) is 0. The molecule has 0 bridgehead atoms. The Kier molecular flexibility index (Phi) is 9.42. The van der Waals surface area contributed by atoms with Crippen LogP contribution in [0.25, 0.3) is 0 Å². The molecule has 94 valence electrons. The van der Waals surface area contributed by atoms with E-state index in [4.69, 9.17) is 0 Å². The average Bonchev–Trinajstić information content (AvgIpc) is 2.26. The first-order valence-electron chi connectivity index (χ1n) is 4.79. The normalized spacial score (nSPS) is 9.56. The molecule has 16 heavy (non-hydrogen) atoms. The summed E-state index contributed by atoms with van der Waals surface area (Å²) in [7, 11) is 0. The molecule has 0 aliphatic rings. The van der Waals surface area contributed by atoms with Gasteiger partial charge in [-0.25, -0.2) is 9.37 Å². The molecular weight excluding hydrogens is 290 g/mol. The fourth-order valence-corrected chi connectivity index (χ4v) is 0.793. The van der Waals surface area contributed by atoms with E-state index in [1.807, 2.05) is 27.7 Å². The first-order chi connectivity index (χ1) is 7.41. The summed E-state index contributed by atoms with van der Waals surface area (Å²) >= 11 is 2.64. The zero-order chi connectivity index (χ0) is 13.4. The van der Waals surface area contributed by atoms with Crippen LogP contribution in [0.3, 0.4) is 0 Å². The monoisotopic (exact) mass is 303 g/mol. The maximum absolute atomic E-state index is 12.5. The van der Waals surface area contributed by atoms with Crippen molar-refractivity contribution in [2.24, 2.45) is 0 Å². The Morgan fingerprint density at radius 1 is 1.12 bits per heavy atom. The van der Waals surface area contributed by atoms with Crippen molar-refractivity contribution in [3.05, 3.63) is 28.2 Å². The number of hydrogen-bond acceptors (Lipinski definition) is 1. The van der Waals surface area contributed by atoms with Gasteiger partial charge in [0.1, 0.15) is 4.60 Å². The maximum atomic E-state index is 12.5.